The third kappa shape index (κ3) is 8.85. The molecule has 6 aliphatic heterocycles. The highest BCUT2D eigenvalue weighted by molar-refractivity contribution is 5.79. The SMILES string of the molecule is COc1ccc(CN2C3CC2CN(c2ccc(-c4cc(OCC5CC(OC67CC(CN(c8ccc(-c9cc(OCC%10CC(O)C%10)cn%10ncnc9%10)cn8)C6)N7Cc6ccc(OC)nc6)C5)cn5ncnc45)cn2)C3)cn1. The highest BCUT2D eigenvalue weighted by Gasteiger charge is 2.59. The molecule has 1 N–H and O–H groups in total. The highest BCUT2D eigenvalue weighted by atomic mass is 16.5. The van der Waals surface area contributed by atoms with Gasteiger partial charge >= 0.3 is 0 Å². The third-order valence-electron chi connectivity index (χ3n) is 16.7. The zero-order valence-electron chi connectivity index (χ0n) is 42.6. The summed E-state index contributed by atoms with van der Waals surface area (Å²) in [5.41, 5.74) is 7.04. The number of hydrogen-bond donors (Lipinski definition) is 1. The van der Waals surface area contributed by atoms with Crippen LogP contribution in [0.5, 0.6) is 23.3 Å². The van der Waals surface area contributed by atoms with Gasteiger partial charge in [-0.1, -0.05) is 12.1 Å². The number of piperidine rings is 2. The molecule has 8 fully saturated rings. The average Bonchev–Trinajstić information content (AvgIpc) is 4.20. The van der Waals surface area contributed by atoms with E-state index in [1.54, 1.807) is 35.9 Å². The Morgan fingerprint density at radius 1 is 0.592 bits per heavy atom. The third-order valence-corrected chi connectivity index (χ3v) is 16.7. The molecule has 4 bridgehead atoms. The van der Waals surface area contributed by atoms with Gasteiger partial charge in [-0.15, -0.1) is 0 Å². The molecule has 6 saturated heterocycles. The smallest absolute Gasteiger partial charge is 0.212 e. The summed E-state index contributed by atoms with van der Waals surface area (Å²) in [6.07, 6.45) is 20.0. The quantitative estimate of drug-likeness (QED) is 0.105. The van der Waals surface area contributed by atoms with Crippen molar-refractivity contribution in [3.05, 3.63) is 122 Å². The van der Waals surface area contributed by atoms with E-state index in [9.17, 15) is 5.11 Å². The van der Waals surface area contributed by atoms with Crippen molar-refractivity contribution in [1.82, 2.24) is 58.9 Å². The van der Waals surface area contributed by atoms with Gasteiger partial charge < -0.3 is 38.6 Å². The molecular weight excluding hydrogens is 965 g/mol. The number of nitrogens with zero attached hydrogens (tertiary/aromatic N) is 14. The molecule has 2 saturated carbocycles. The van der Waals surface area contributed by atoms with Crippen molar-refractivity contribution in [2.75, 3.05) is 63.4 Å². The molecule has 390 valence electrons. The average molecular weight is 1030 g/mol. The van der Waals surface area contributed by atoms with E-state index in [1.807, 2.05) is 55.4 Å². The van der Waals surface area contributed by atoms with Gasteiger partial charge in [-0.25, -0.2) is 38.9 Å². The Hall–Kier alpha value is -7.52. The summed E-state index contributed by atoms with van der Waals surface area (Å²) >= 11 is 0. The van der Waals surface area contributed by atoms with Crippen molar-refractivity contribution >= 4 is 22.9 Å². The van der Waals surface area contributed by atoms with Crippen LogP contribution < -0.4 is 28.7 Å². The minimum Gasteiger partial charge on any atom is -0.492 e. The Morgan fingerprint density at radius 2 is 1.16 bits per heavy atom. The fraction of sp³-hybridized carbons (Fsp3) is 0.429. The lowest BCUT2D eigenvalue weighted by atomic mass is 9.79. The van der Waals surface area contributed by atoms with E-state index in [1.165, 1.54) is 12.0 Å². The number of fused-ring (bicyclic) bond motifs is 6. The predicted molar refractivity (Wildman–Crippen MR) is 280 cm³/mol. The Morgan fingerprint density at radius 3 is 1.70 bits per heavy atom. The van der Waals surface area contributed by atoms with Crippen molar-refractivity contribution in [1.29, 1.82) is 0 Å². The first kappa shape index (κ1) is 47.0. The standard InChI is InChI=1S/C56H60N14O6/c1-72-52-9-3-35(19-59-52)23-67-41-15-42(67)26-65(25-41)50-7-5-39(21-57-50)48-17-47(29-70-54(48)61-33-64-70)75-31-38-13-45(14-38)76-56-18-43(68(56)24-36-4-10-53(73-2)60-20-36)27-66(32-56)51-8-6-40(22-58-51)49-16-46(28-69-55(49)62-34-63-69)74-30-37-11-44(71)12-37/h3-10,16-17,19-22,28-29,33-34,37-38,41-45,71H,11-15,18,23-27,30-32H2,1-2H3. The maximum Gasteiger partial charge on any atom is 0.212 e. The largest absolute Gasteiger partial charge is 0.492 e. The van der Waals surface area contributed by atoms with Crippen LogP contribution in [0.4, 0.5) is 11.6 Å². The first-order valence-corrected chi connectivity index (χ1v) is 26.5. The Balaban J connectivity index is 0.624. The number of anilines is 2. The van der Waals surface area contributed by atoms with Crippen LogP contribution in [0.3, 0.4) is 0 Å². The van der Waals surface area contributed by atoms with Gasteiger partial charge in [0.05, 0.1) is 58.6 Å². The molecule has 16 rings (SSSR count). The minimum absolute atomic E-state index is 0.0911. The molecule has 2 aliphatic carbocycles. The van der Waals surface area contributed by atoms with Crippen LogP contribution in [0.25, 0.3) is 33.5 Å². The maximum atomic E-state index is 9.77. The van der Waals surface area contributed by atoms with Gasteiger partial charge in [-0.05, 0) is 91.5 Å². The maximum absolute atomic E-state index is 9.77. The molecule has 20 heteroatoms. The number of aliphatic hydroxyl groups excluding tert-OH is 1. The summed E-state index contributed by atoms with van der Waals surface area (Å²) in [6.45, 7) is 6.15. The Labute approximate surface area is 439 Å². The number of ether oxygens (including phenoxy) is 5. The molecule has 14 heterocycles. The molecule has 20 nitrogen and oxygen atoms in total. The zero-order chi connectivity index (χ0) is 50.9. The van der Waals surface area contributed by atoms with E-state index in [0.29, 0.717) is 61.2 Å². The van der Waals surface area contributed by atoms with Crippen molar-refractivity contribution in [3.8, 4) is 45.5 Å². The number of piperazine rings is 2. The van der Waals surface area contributed by atoms with Crippen molar-refractivity contribution in [2.24, 2.45) is 11.8 Å². The van der Waals surface area contributed by atoms with Gasteiger partial charge in [0.1, 0.15) is 41.5 Å². The number of aliphatic hydroxyl groups is 1. The second-order valence-corrected chi connectivity index (χ2v) is 21.6. The summed E-state index contributed by atoms with van der Waals surface area (Å²) in [7, 11) is 3.29. The Kier molecular flexibility index (Phi) is 11.9. The number of hydrogen-bond acceptors (Lipinski definition) is 18. The van der Waals surface area contributed by atoms with Gasteiger partial charge in [0, 0.05) is 116 Å². The van der Waals surface area contributed by atoms with Crippen LogP contribution >= 0.6 is 0 Å². The summed E-state index contributed by atoms with van der Waals surface area (Å²) < 4.78 is 34.1. The number of rotatable bonds is 18. The molecule has 4 atom stereocenters. The number of pyridine rings is 6. The van der Waals surface area contributed by atoms with Crippen molar-refractivity contribution in [3.63, 3.8) is 0 Å². The van der Waals surface area contributed by atoms with E-state index >= 15 is 0 Å². The van der Waals surface area contributed by atoms with E-state index in [-0.39, 0.29) is 18.2 Å². The molecule has 0 aromatic carbocycles. The van der Waals surface area contributed by atoms with Crippen molar-refractivity contribution < 1.29 is 28.8 Å². The van der Waals surface area contributed by atoms with Crippen LogP contribution in [-0.2, 0) is 17.8 Å². The van der Waals surface area contributed by atoms with Crippen LogP contribution in [0, 0.1) is 11.8 Å². The number of aromatic nitrogens is 10. The van der Waals surface area contributed by atoms with E-state index in [4.69, 9.17) is 33.7 Å². The molecule has 0 spiro atoms. The monoisotopic (exact) mass is 1020 g/mol. The predicted octanol–water partition coefficient (Wildman–Crippen LogP) is 5.98. The summed E-state index contributed by atoms with van der Waals surface area (Å²) in [4.78, 5) is 38.0. The van der Waals surface area contributed by atoms with Crippen LogP contribution in [0.15, 0.2) is 110 Å². The fourth-order valence-corrected chi connectivity index (χ4v) is 12.5. The first-order valence-electron chi connectivity index (χ1n) is 26.5. The van der Waals surface area contributed by atoms with Gasteiger partial charge in [0.25, 0.3) is 0 Å². The van der Waals surface area contributed by atoms with E-state index in [0.717, 1.165) is 121 Å². The highest BCUT2D eigenvalue weighted by Crippen LogP contribution is 2.49. The van der Waals surface area contributed by atoms with Crippen molar-refractivity contribution in [2.45, 2.75) is 87.7 Å². The molecule has 4 unspecified atom stereocenters. The molecular formula is C56H60N14O6. The topological polar surface area (TPSA) is 191 Å². The second-order valence-electron chi connectivity index (χ2n) is 21.6. The molecule has 8 aromatic rings. The number of methoxy groups -OCH3 is 2. The van der Waals surface area contributed by atoms with Gasteiger partial charge in [-0.3, -0.25) is 9.80 Å². The summed E-state index contributed by atoms with van der Waals surface area (Å²) in [6, 6.07) is 21.9. The van der Waals surface area contributed by atoms with Gasteiger partial charge in [0.15, 0.2) is 11.3 Å². The van der Waals surface area contributed by atoms with E-state index in [2.05, 4.69) is 92.2 Å². The molecule has 0 amide bonds. The van der Waals surface area contributed by atoms with Crippen LogP contribution in [0.2, 0.25) is 0 Å². The minimum atomic E-state index is -0.489. The normalized spacial score (nSPS) is 25.9. The van der Waals surface area contributed by atoms with Crippen LogP contribution in [0.1, 0.15) is 49.7 Å². The zero-order valence-corrected chi connectivity index (χ0v) is 42.6. The lowest BCUT2D eigenvalue weighted by Crippen LogP contribution is -2.78. The van der Waals surface area contributed by atoms with E-state index < -0.39 is 5.72 Å². The first-order chi connectivity index (χ1) is 37.3. The van der Waals surface area contributed by atoms with Gasteiger partial charge in [-0.2, -0.15) is 10.2 Å². The summed E-state index contributed by atoms with van der Waals surface area (Å²) in [5, 5.41) is 18.7. The lowest BCUT2D eigenvalue weighted by Gasteiger charge is -2.65. The molecule has 76 heavy (non-hydrogen) atoms. The fourth-order valence-electron chi connectivity index (χ4n) is 12.5. The lowest BCUT2D eigenvalue weighted by molar-refractivity contribution is -0.292. The molecule has 0 radical (unpaired) electrons. The Bertz CT molecular complexity index is 3340. The summed E-state index contributed by atoms with van der Waals surface area (Å²) in [5.74, 6) is 5.27. The second kappa shape index (κ2) is 19.2. The molecule has 8 aromatic heterocycles. The van der Waals surface area contributed by atoms with Crippen LogP contribution in [-0.4, -0.2) is 154 Å². The molecule has 8 aliphatic rings. The van der Waals surface area contributed by atoms with Gasteiger partial charge in [0.2, 0.25) is 11.8 Å².